The highest BCUT2D eigenvalue weighted by molar-refractivity contribution is 5.89. The van der Waals surface area contributed by atoms with Crippen LogP contribution in [0.4, 0.5) is 10.5 Å². The molecule has 0 saturated heterocycles. The molecule has 1 saturated carbocycles. The molecule has 0 aliphatic heterocycles. The molecule has 1 fully saturated rings. The molecule has 4 nitrogen and oxygen atoms in total. The molecule has 21 heavy (non-hydrogen) atoms. The van der Waals surface area contributed by atoms with Crippen LogP contribution >= 0.6 is 0 Å². The first-order valence-corrected chi connectivity index (χ1v) is 8.04. The van der Waals surface area contributed by atoms with Crippen LogP contribution in [-0.2, 0) is 0 Å². The highest BCUT2D eigenvalue weighted by atomic mass is 16.2. The average Bonchev–Trinajstić information content (AvgIpc) is 3.18. The Morgan fingerprint density at radius 2 is 2.00 bits per heavy atom. The van der Waals surface area contributed by atoms with Crippen molar-refractivity contribution in [2.45, 2.75) is 52.1 Å². The Morgan fingerprint density at radius 3 is 2.62 bits per heavy atom. The summed E-state index contributed by atoms with van der Waals surface area (Å²) in [5.41, 5.74) is 2.07. The molecule has 1 aromatic rings. The molecule has 3 unspecified atom stereocenters. The van der Waals surface area contributed by atoms with Gasteiger partial charge in [0.05, 0.1) is 0 Å². The number of carbonyl (C=O) groups excluding carboxylic acids is 1. The van der Waals surface area contributed by atoms with Crippen LogP contribution in [0.2, 0.25) is 0 Å². The second kappa shape index (κ2) is 7.46. The Labute approximate surface area is 127 Å². The molecule has 3 atom stereocenters. The largest absolute Gasteiger partial charge is 0.335 e. The Hall–Kier alpha value is -1.55. The van der Waals surface area contributed by atoms with Crippen molar-refractivity contribution in [3.8, 4) is 0 Å². The van der Waals surface area contributed by atoms with Crippen LogP contribution in [0.15, 0.2) is 24.3 Å². The van der Waals surface area contributed by atoms with Crippen LogP contribution in [0.3, 0.4) is 0 Å². The minimum atomic E-state index is -0.0916. The van der Waals surface area contributed by atoms with Gasteiger partial charge in [0.15, 0.2) is 0 Å². The first-order valence-electron chi connectivity index (χ1n) is 8.04. The summed E-state index contributed by atoms with van der Waals surface area (Å²) in [5, 5.41) is 9.31. The zero-order valence-corrected chi connectivity index (χ0v) is 13.3. The Bertz CT molecular complexity index is 458. The monoisotopic (exact) mass is 289 g/mol. The van der Waals surface area contributed by atoms with Crippen LogP contribution in [-0.4, -0.2) is 18.6 Å². The van der Waals surface area contributed by atoms with Gasteiger partial charge in [0.2, 0.25) is 0 Å². The highest BCUT2D eigenvalue weighted by Gasteiger charge is 2.37. The van der Waals surface area contributed by atoms with Crippen molar-refractivity contribution in [1.82, 2.24) is 10.6 Å². The molecule has 0 aromatic heterocycles. The van der Waals surface area contributed by atoms with Gasteiger partial charge >= 0.3 is 6.03 Å². The fourth-order valence-electron chi connectivity index (χ4n) is 2.73. The molecule has 0 spiro atoms. The van der Waals surface area contributed by atoms with E-state index in [-0.39, 0.29) is 6.03 Å². The maximum absolute atomic E-state index is 11.9. The maximum Gasteiger partial charge on any atom is 0.319 e. The predicted octanol–water partition coefficient (Wildman–Crippen LogP) is 3.67. The fraction of sp³-hybridized carbons (Fsp3) is 0.588. The summed E-state index contributed by atoms with van der Waals surface area (Å²) in [4.78, 5) is 11.9. The summed E-state index contributed by atoms with van der Waals surface area (Å²) in [6, 6.07) is 8.64. The molecule has 3 N–H and O–H groups in total. The van der Waals surface area contributed by atoms with Crippen LogP contribution in [0, 0.1) is 5.92 Å². The zero-order chi connectivity index (χ0) is 15.2. The first-order chi connectivity index (χ1) is 10.1. The minimum absolute atomic E-state index is 0.0916. The van der Waals surface area contributed by atoms with Crippen LogP contribution < -0.4 is 16.0 Å². The van der Waals surface area contributed by atoms with Crippen molar-refractivity contribution >= 4 is 11.7 Å². The molecule has 1 aliphatic rings. The average molecular weight is 289 g/mol. The van der Waals surface area contributed by atoms with Crippen LogP contribution in [0.5, 0.6) is 0 Å². The van der Waals surface area contributed by atoms with Gasteiger partial charge in [0.25, 0.3) is 0 Å². The molecule has 0 radical (unpaired) electrons. The molecule has 116 valence electrons. The second-order valence-corrected chi connectivity index (χ2v) is 5.89. The van der Waals surface area contributed by atoms with Gasteiger partial charge in [0, 0.05) is 17.8 Å². The quantitative estimate of drug-likeness (QED) is 0.717. The number of nitrogens with one attached hydrogen (secondary N) is 3. The smallest absolute Gasteiger partial charge is 0.319 e. The maximum atomic E-state index is 11.9. The van der Waals surface area contributed by atoms with E-state index in [9.17, 15) is 4.79 Å². The lowest BCUT2D eigenvalue weighted by molar-refractivity contribution is 0.251. The third kappa shape index (κ3) is 4.74. The number of hydrogen-bond acceptors (Lipinski definition) is 2. The lowest BCUT2D eigenvalue weighted by Crippen LogP contribution is -2.31. The lowest BCUT2D eigenvalue weighted by atomic mass is 10.1. The van der Waals surface area contributed by atoms with Gasteiger partial charge in [0.1, 0.15) is 0 Å². The molecule has 2 amide bonds. The molecular formula is C17H27N3O. The topological polar surface area (TPSA) is 53.2 Å². The molecule has 4 heteroatoms. The summed E-state index contributed by atoms with van der Waals surface area (Å²) in [6.45, 7) is 7.37. The van der Waals surface area contributed by atoms with E-state index in [4.69, 9.17) is 0 Å². The number of benzene rings is 1. The van der Waals surface area contributed by atoms with Crippen LogP contribution in [0.1, 0.15) is 51.6 Å². The molecule has 0 bridgehead atoms. The second-order valence-electron chi connectivity index (χ2n) is 5.89. The number of rotatable bonds is 7. The fourth-order valence-corrected chi connectivity index (χ4v) is 2.73. The number of hydrogen-bond donors (Lipinski definition) is 3. The van der Waals surface area contributed by atoms with Gasteiger partial charge in [-0.1, -0.05) is 32.4 Å². The molecule has 2 rings (SSSR count). The molecule has 0 heterocycles. The SMILES string of the molecule is CCCC1CC1NC(=O)Nc1ccc(C(C)NCC)cc1. The number of anilines is 1. The summed E-state index contributed by atoms with van der Waals surface area (Å²) < 4.78 is 0. The van der Waals surface area contributed by atoms with E-state index in [2.05, 4.69) is 48.9 Å². The van der Waals surface area contributed by atoms with E-state index in [0.717, 1.165) is 18.7 Å². The molecular weight excluding hydrogens is 262 g/mol. The molecule has 1 aromatic carbocycles. The van der Waals surface area contributed by atoms with Crippen molar-refractivity contribution in [2.75, 3.05) is 11.9 Å². The summed E-state index contributed by atoms with van der Waals surface area (Å²) in [5.74, 6) is 0.684. The Balaban J connectivity index is 1.79. The Kier molecular flexibility index (Phi) is 5.62. The number of carbonyl (C=O) groups is 1. The van der Waals surface area contributed by atoms with Gasteiger partial charge in [-0.15, -0.1) is 0 Å². The first kappa shape index (κ1) is 15.8. The minimum Gasteiger partial charge on any atom is -0.335 e. The normalized spacial score (nSPS) is 21.7. The van der Waals surface area contributed by atoms with Gasteiger partial charge in [-0.2, -0.15) is 0 Å². The van der Waals surface area contributed by atoms with E-state index in [0.29, 0.717) is 18.0 Å². The number of urea groups is 1. The third-order valence-electron chi connectivity index (χ3n) is 4.08. The number of amides is 2. The summed E-state index contributed by atoms with van der Waals surface area (Å²) in [7, 11) is 0. The van der Waals surface area contributed by atoms with E-state index < -0.39 is 0 Å². The van der Waals surface area contributed by atoms with Crippen molar-refractivity contribution in [3.63, 3.8) is 0 Å². The van der Waals surface area contributed by atoms with E-state index >= 15 is 0 Å². The van der Waals surface area contributed by atoms with E-state index in [1.165, 1.54) is 18.4 Å². The lowest BCUT2D eigenvalue weighted by Gasteiger charge is -2.13. The van der Waals surface area contributed by atoms with E-state index in [1.54, 1.807) is 0 Å². The van der Waals surface area contributed by atoms with Gasteiger partial charge in [-0.05, 0) is 49.9 Å². The van der Waals surface area contributed by atoms with Crippen LogP contribution in [0.25, 0.3) is 0 Å². The zero-order valence-electron chi connectivity index (χ0n) is 13.3. The van der Waals surface area contributed by atoms with Crippen molar-refractivity contribution < 1.29 is 4.79 Å². The standard InChI is InChI=1S/C17H27N3O/c1-4-6-14-11-16(14)20-17(21)19-15-9-7-13(8-10-15)12(3)18-5-2/h7-10,12,14,16,18H,4-6,11H2,1-3H3,(H2,19,20,21). The summed E-state index contributed by atoms with van der Waals surface area (Å²) in [6.07, 6.45) is 3.53. The summed E-state index contributed by atoms with van der Waals surface area (Å²) >= 11 is 0. The van der Waals surface area contributed by atoms with Crippen molar-refractivity contribution in [2.24, 2.45) is 5.92 Å². The predicted molar refractivity (Wildman–Crippen MR) is 87.5 cm³/mol. The van der Waals surface area contributed by atoms with Crippen molar-refractivity contribution in [3.05, 3.63) is 29.8 Å². The van der Waals surface area contributed by atoms with Gasteiger partial charge < -0.3 is 16.0 Å². The highest BCUT2D eigenvalue weighted by Crippen LogP contribution is 2.34. The van der Waals surface area contributed by atoms with Gasteiger partial charge in [-0.3, -0.25) is 0 Å². The van der Waals surface area contributed by atoms with E-state index in [1.807, 2.05) is 12.1 Å². The third-order valence-corrected chi connectivity index (χ3v) is 4.08. The molecule has 1 aliphatic carbocycles. The van der Waals surface area contributed by atoms with Gasteiger partial charge in [-0.25, -0.2) is 4.79 Å². The van der Waals surface area contributed by atoms with Crippen molar-refractivity contribution in [1.29, 1.82) is 0 Å². The Morgan fingerprint density at radius 1 is 1.29 bits per heavy atom.